The topological polar surface area (TPSA) is 76.4 Å². The maximum atomic E-state index is 12.7. The first-order valence-electron chi connectivity index (χ1n) is 11.2. The van der Waals surface area contributed by atoms with Gasteiger partial charge < -0.3 is 15.1 Å². The summed E-state index contributed by atoms with van der Waals surface area (Å²) in [4.78, 5) is 29.2. The molecule has 0 spiro atoms. The molecular weight excluding hydrogens is 400 g/mol. The van der Waals surface area contributed by atoms with E-state index in [9.17, 15) is 9.59 Å². The van der Waals surface area contributed by atoms with Gasteiger partial charge in [-0.25, -0.2) is 0 Å². The van der Waals surface area contributed by atoms with Crippen molar-refractivity contribution in [3.05, 3.63) is 65.2 Å². The minimum atomic E-state index is -0.152. The average Bonchev–Trinajstić information content (AvgIpc) is 3.05. The van der Waals surface area contributed by atoms with Gasteiger partial charge in [-0.3, -0.25) is 9.59 Å². The van der Waals surface area contributed by atoms with Crippen LogP contribution < -0.4 is 10.2 Å². The normalized spacial score (nSPS) is 14.4. The van der Waals surface area contributed by atoms with Crippen molar-refractivity contribution in [2.24, 2.45) is 0 Å². The Morgan fingerprint density at radius 3 is 2.28 bits per heavy atom. The van der Waals surface area contributed by atoms with Crippen molar-refractivity contribution in [2.75, 3.05) is 37.6 Å². The number of hydrogen-bond donors (Lipinski definition) is 1. The Balaban J connectivity index is 1.45. The number of nitriles is 1. The lowest BCUT2D eigenvalue weighted by Crippen LogP contribution is -2.37. The fraction of sp³-hybridized carbons (Fsp3) is 0.423. The van der Waals surface area contributed by atoms with Crippen molar-refractivity contribution in [3.63, 3.8) is 0 Å². The van der Waals surface area contributed by atoms with E-state index in [-0.39, 0.29) is 17.2 Å². The fourth-order valence-corrected chi connectivity index (χ4v) is 3.84. The van der Waals surface area contributed by atoms with Crippen molar-refractivity contribution < 1.29 is 9.59 Å². The van der Waals surface area contributed by atoms with Gasteiger partial charge >= 0.3 is 0 Å². The smallest absolute Gasteiger partial charge is 0.251 e. The zero-order valence-electron chi connectivity index (χ0n) is 19.2. The van der Waals surface area contributed by atoms with Gasteiger partial charge in [0.15, 0.2) is 0 Å². The first-order valence-corrected chi connectivity index (χ1v) is 11.2. The zero-order valence-corrected chi connectivity index (χ0v) is 19.2. The van der Waals surface area contributed by atoms with Crippen LogP contribution in [-0.2, 0) is 10.2 Å². The van der Waals surface area contributed by atoms with Crippen LogP contribution in [-0.4, -0.2) is 49.4 Å². The van der Waals surface area contributed by atoms with Crippen LogP contribution in [0.1, 0.15) is 55.1 Å². The molecule has 2 aromatic carbocycles. The molecule has 0 aromatic heterocycles. The van der Waals surface area contributed by atoms with Gasteiger partial charge in [-0.05, 0) is 53.8 Å². The van der Waals surface area contributed by atoms with Gasteiger partial charge in [-0.2, -0.15) is 5.26 Å². The van der Waals surface area contributed by atoms with Crippen LogP contribution in [0.2, 0.25) is 0 Å². The molecule has 2 aromatic rings. The lowest BCUT2D eigenvalue weighted by molar-refractivity contribution is -0.130. The quantitative estimate of drug-likeness (QED) is 0.781. The number of nitrogens with one attached hydrogen (secondary N) is 1. The van der Waals surface area contributed by atoms with E-state index in [2.05, 4.69) is 37.1 Å². The Morgan fingerprint density at radius 2 is 1.66 bits per heavy atom. The van der Waals surface area contributed by atoms with Crippen LogP contribution in [0.3, 0.4) is 0 Å². The number of anilines is 1. The SMILES string of the molecule is CC(C)(C)c1ccc(C(=O)NCCC(=O)N2CCCN(c3ccc(C#N)cc3)CC2)cc1. The summed E-state index contributed by atoms with van der Waals surface area (Å²) in [5.74, 6) is -0.0869. The fourth-order valence-electron chi connectivity index (χ4n) is 3.84. The second kappa shape index (κ2) is 10.3. The van der Waals surface area contributed by atoms with E-state index in [1.807, 2.05) is 53.4 Å². The molecule has 0 atom stereocenters. The van der Waals surface area contributed by atoms with Gasteiger partial charge in [-0.15, -0.1) is 0 Å². The molecule has 0 bridgehead atoms. The maximum absolute atomic E-state index is 12.7. The second-order valence-corrected chi connectivity index (χ2v) is 9.21. The lowest BCUT2D eigenvalue weighted by atomic mass is 9.87. The molecule has 32 heavy (non-hydrogen) atoms. The summed E-state index contributed by atoms with van der Waals surface area (Å²) in [6.45, 7) is 9.74. The molecule has 6 nitrogen and oxygen atoms in total. The minimum absolute atomic E-state index is 0.0459. The molecule has 1 heterocycles. The van der Waals surface area contributed by atoms with Crippen LogP contribution in [0, 0.1) is 11.3 Å². The lowest BCUT2D eigenvalue weighted by Gasteiger charge is -2.24. The molecule has 1 saturated heterocycles. The zero-order chi connectivity index (χ0) is 23.1. The standard InChI is InChI=1S/C26H32N4O2/c1-26(2,3)22-9-7-21(8-10-22)25(32)28-14-13-24(31)30-16-4-15-29(17-18-30)23-11-5-20(19-27)6-12-23/h5-12H,4,13-18H2,1-3H3,(H,28,32). The highest BCUT2D eigenvalue weighted by atomic mass is 16.2. The highest BCUT2D eigenvalue weighted by Gasteiger charge is 2.20. The van der Waals surface area contributed by atoms with Crippen LogP contribution in [0.25, 0.3) is 0 Å². The molecule has 1 aliphatic heterocycles. The third kappa shape index (κ3) is 6.10. The summed E-state index contributed by atoms with van der Waals surface area (Å²) in [6.07, 6.45) is 1.18. The second-order valence-electron chi connectivity index (χ2n) is 9.21. The monoisotopic (exact) mass is 432 g/mol. The van der Waals surface area contributed by atoms with Crippen LogP contribution in [0.4, 0.5) is 5.69 Å². The van der Waals surface area contributed by atoms with E-state index < -0.39 is 0 Å². The molecule has 0 aliphatic carbocycles. The molecule has 168 valence electrons. The molecule has 0 unspecified atom stereocenters. The average molecular weight is 433 g/mol. The Labute approximate surface area is 190 Å². The Hall–Kier alpha value is -3.33. The molecule has 1 fully saturated rings. The third-order valence-electron chi connectivity index (χ3n) is 5.85. The van der Waals surface area contributed by atoms with Gasteiger partial charge in [0.25, 0.3) is 5.91 Å². The number of carbonyl (C=O) groups excluding carboxylic acids is 2. The summed E-state index contributed by atoms with van der Waals surface area (Å²) in [7, 11) is 0. The number of hydrogen-bond acceptors (Lipinski definition) is 4. The van der Waals surface area contributed by atoms with Crippen molar-refractivity contribution in [3.8, 4) is 6.07 Å². The maximum Gasteiger partial charge on any atom is 0.251 e. The Morgan fingerprint density at radius 1 is 0.969 bits per heavy atom. The molecule has 3 rings (SSSR count). The number of nitrogens with zero attached hydrogens (tertiary/aromatic N) is 3. The van der Waals surface area contributed by atoms with Crippen molar-refractivity contribution >= 4 is 17.5 Å². The molecule has 6 heteroatoms. The van der Waals surface area contributed by atoms with Gasteiger partial charge in [0.2, 0.25) is 5.91 Å². The number of carbonyl (C=O) groups is 2. The van der Waals surface area contributed by atoms with E-state index in [1.165, 1.54) is 5.56 Å². The molecule has 1 N–H and O–H groups in total. The Bertz CT molecular complexity index is 969. The predicted molar refractivity (Wildman–Crippen MR) is 127 cm³/mol. The summed E-state index contributed by atoms with van der Waals surface area (Å²) in [6, 6.07) is 17.3. The van der Waals surface area contributed by atoms with Crippen LogP contribution >= 0.6 is 0 Å². The summed E-state index contributed by atoms with van der Waals surface area (Å²) in [5, 5.41) is 11.8. The minimum Gasteiger partial charge on any atom is -0.370 e. The van der Waals surface area contributed by atoms with Crippen LogP contribution in [0.15, 0.2) is 48.5 Å². The van der Waals surface area contributed by atoms with Crippen molar-refractivity contribution in [1.29, 1.82) is 5.26 Å². The number of amides is 2. The third-order valence-corrected chi connectivity index (χ3v) is 5.85. The number of rotatable bonds is 5. The van der Waals surface area contributed by atoms with Crippen molar-refractivity contribution in [2.45, 2.75) is 39.0 Å². The van der Waals surface area contributed by atoms with E-state index in [0.717, 1.165) is 25.2 Å². The van der Waals surface area contributed by atoms with E-state index in [4.69, 9.17) is 5.26 Å². The van der Waals surface area contributed by atoms with E-state index >= 15 is 0 Å². The van der Waals surface area contributed by atoms with Gasteiger partial charge in [0.05, 0.1) is 11.6 Å². The molecule has 0 radical (unpaired) electrons. The summed E-state index contributed by atoms with van der Waals surface area (Å²) >= 11 is 0. The summed E-state index contributed by atoms with van der Waals surface area (Å²) < 4.78 is 0. The molecule has 0 saturated carbocycles. The molecular formula is C26H32N4O2. The first-order chi connectivity index (χ1) is 15.3. The largest absolute Gasteiger partial charge is 0.370 e. The summed E-state index contributed by atoms with van der Waals surface area (Å²) in [5.41, 5.74) is 3.55. The molecule has 1 aliphatic rings. The number of benzene rings is 2. The van der Waals surface area contributed by atoms with E-state index in [1.54, 1.807) is 0 Å². The highest BCUT2D eigenvalue weighted by molar-refractivity contribution is 5.94. The van der Waals surface area contributed by atoms with Gasteiger partial charge in [-0.1, -0.05) is 32.9 Å². The van der Waals surface area contributed by atoms with Gasteiger partial charge in [0.1, 0.15) is 0 Å². The van der Waals surface area contributed by atoms with Crippen molar-refractivity contribution in [1.82, 2.24) is 10.2 Å². The highest BCUT2D eigenvalue weighted by Crippen LogP contribution is 2.22. The predicted octanol–water partition coefficient (Wildman–Crippen LogP) is 3.71. The van der Waals surface area contributed by atoms with E-state index in [0.29, 0.717) is 37.2 Å². The first kappa shape index (κ1) is 23.3. The molecule has 2 amide bonds. The van der Waals surface area contributed by atoms with Crippen LogP contribution in [0.5, 0.6) is 0 Å². The van der Waals surface area contributed by atoms with Gasteiger partial charge in [0, 0.05) is 50.4 Å². The Kier molecular flexibility index (Phi) is 7.53.